The van der Waals surface area contributed by atoms with Crippen LogP contribution in [0.25, 0.3) is 0 Å². The molecule has 2 aromatic carbocycles. The molecule has 0 radical (unpaired) electrons. The normalized spacial score (nSPS) is 14.2. The van der Waals surface area contributed by atoms with Crippen molar-refractivity contribution in [1.82, 2.24) is 0 Å². The minimum atomic E-state index is -0.343. The Morgan fingerprint density at radius 1 is 1.05 bits per heavy atom. The van der Waals surface area contributed by atoms with E-state index < -0.39 is 0 Å². The van der Waals surface area contributed by atoms with E-state index in [2.05, 4.69) is 79.2 Å². The fourth-order valence-corrected chi connectivity index (χ4v) is 2.74. The number of aryl methyl sites for hydroxylation is 2. The second-order valence-corrected chi connectivity index (χ2v) is 6.45. The molecule has 0 aliphatic heterocycles. The first-order valence-corrected chi connectivity index (χ1v) is 7.29. The smallest absolute Gasteiger partial charge is 0.0424 e. The van der Waals surface area contributed by atoms with Crippen molar-refractivity contribution in [3.8, 4) is 0 Å². The molecule has 0 amide bonds. The molecule has 0 saturated heterocycles. The lowest BCUT2D eigenvalue weighted by atomic mass is 9.83. The second kappa shape index (κ2) is 5.48. The van der Waals surface area contributed by atoms with Crippen LogP contribution in [-0.2, 0) is 12.0 Å². The van der Waals surface area contributed by atoms with Gasteiger partial charge in [0.15, 0.2) is 0 Å². The van der Waals surface area contributed by atoms with Gasteiger partial charge in [-0.2, -0.15) is 0 Å². The minimum absolute atomic E-state index is 0.343. The van der Waals surface area contributed by atoms with Gasteiger partial charge in [0.25, 0.3) is 0 Å². The molecule has 0 aliphatic carbocycles. The van der Waals surface area contributed by atoms with Crippen LogP contribution in [0.3, 0.4) is 0 Å². The van der Waals surface area contributed by atoms with Gasteiger partial charge in [0.05, 0.1) is 0 Å². The quantitative estimate of drug-likeness (QED) is 0.887. The lowest BCUT2D eigenvalue weighted by Gasteiger charge is -2.28. The van der Waals surface area contributed by atoms with Crippen molar-refractivity contribution in [2.24, 2.45) is 5.73 Å². The molecule has 1 unspecified atom stereocenters. The second-order valence-electron chi connectivity index (χ2n) is 5.54. The zero-order chi connectivity index (χ0) is 14.0. The predicted octanol–water partition coefficient (Wildman–Crippen LogP) is 4.48. The van der Waals surface area contributed by atoms with Crippen LogP contribution in [0.15, 0.2) is 46.9 Å². The van der Waals surface area contributed by atoms with Gasteiger partial charge in [0, 0.05) is 10.0 Å². The van der Waals surface area contributed by atoms with E-state index in [0.29, 0.717) is 0 Å². The third-order valence-corrected chi connectivity index (χ3v) is 4.02. The molecule has 2 rings (SSSR count). The SMILES string of the molecule is Cc1ccc(C)c(C(C)(N)Cc2ccc(Br)cc2)c1. The van der Waals surface area contributed by atoms with E-state index in [9.17, 15) is 0 Å². The summed E-state index contributed by atoms with van der Waals surface area (Å²) in [6.45, 7) is 6.34. The molecule has 2 heteroatoms. The Kier molecular flexibility index (Phi) is 4.12. The summed E-state index contributed by atoms with van der Waals surface area (Å²) in [4.78, 5) is 0. The van der Waals surface area contributed by atoms with E-state index in [0.717, 1.165) is 10.9 Å². The molecule has 0 heterocycles. The fraction of sp³-hybridized carbons (Fsp3) is 0.294. The molecule has 1 atom stereocenters. The van der Waals surface area contributed by atoms with E-state index in [1.807, 2.05) is 0 Å². The van der Waals surface area contributed by atoms with Crippen molar-refractivity contribution < 1.29 is 0 Å². The van der Waals surface area contributed by atoms with Crippen LogP contribution >= 0.6 is 15.9 Å². The van der Waals surface area contributed by atoms with Gasteiger partial charge >= 0.3 is 0 Å². The molecule has 0 spiro atoms. The first kappa shape index (κ1) is 14.3. The van der Waals surface area contributed by atoms with E-state index in [-0.39, 0.29) is 5.54 Å². The maximum atomic E-state index is 6.57. The average Bonchev–Trinajstić information content (AvgIpc) is 2.35. The molecule has 0 aromatic heterocycles. The highest BCUT2D eigenvalue weighted by atomic mass is 79.9. The Morgan fingerprint density at radius 2 is 1.68 bits per heavy atom. The highest BCUT2D eigenvalue weighted by molar-refractivity contribution is 9.10. The van der Waals surface area contributed by atoms with Crippen LogP contribution in [0.4, 0.5) is 0 Å². The summed E-state index contributed by atoms with van der Waals surface area (Å²) in [7, 11) is 0. The van der Waals surface area contributed by atoms with E-state index in [4.69, 9.17) is 5.73 Å². The Bertz CT molecular complexity index is 570. The average molecular weight is 318 g/mol. The lowest BCUT2D eigenvalue weighted by Crippen LogP contribution is -2.36. The molecule has 0 saturated carbocycles. The molecule has 100 valence electrons. The van der Waals surface area contributed by atoms with Gasteiger partial charge in [0.2, 0.25) is 0 Å². The summed E-state index contributed by atoms with van der Waals surface area (Å²) in [6.07, 6.45) is 0.838. The zero-order valence-electron chi connectivity index (χ0n) is 11.7. The van der Waals surface area contributed by atoms with Gasteiger partial charge in [-0.25, -0.2) is 0 Å². The highest BCUT2D eigenvalue weighted by Gasteiger charge is 2.23. The third-order valence-electron chi connectivity index (χ3n) is 3.49. The first-order valence-electron chi connectivity index (χ1n) is 6.49. The topological polar surface area (TPSA) is 26.0 Å². The summed E-state index contributed by atoms with van der Waals surface area (Å²) in [5.41, 5.74) is 11.2. The third kappa shape index (κ3) is 3.46. The monoisotopic (exact) mass is 317 g/mol. The molecule has 0 bridgehead atoms. The van der Waals surface area contributed by atoms with Gasteiger partial charge in [-0.3, -0.25) is 0 Å². The minimum Gasteiger partial charge on any atom is -0.321 e. The van der Waals surface area contributed by atoms with Gasteiger partial charge < -0.3 is 5.73 Å². The fourth-order valence-electron chi connectivity index (χ4n) is 2.47. The Labute approximate surface area is 124 Å². The maximum absolute atomic E-state index is 6.57. The number of hydrogen-bond acceptors (Lipinski definition) is 1. The lowest BCUT2D eigenvalue weighted by molar-refractivity contribution is 0.488. The summed E-state index contributed by atoms with van der Waals surface area (Å²) >= 11 is 3.46. The highest BCUT2D eigenvalue weighted by Crippen LogP contribution is 2.27. The number of benzene rings is 2. The van der Waals surface area contributed by atoms with Crippen LogP contribution in [0.2, 0.25) is 0 Å². The van der Waals surface area contributed by atoms with Crippen LogP contribution in [-0.4, -0.2) is 0 Å². The zero-order valence-corrected chi connectivity index (χ0v) is 13.3. The summed E-state index contributed by atoms with van der Waals surface area (Å²) in [6, 6.07) is 14.9. The van der Waals surface area contributed by atoms with Crippen LogP contribution in [0.5, 0.6) is 0 Å². The standard InChI is InChI=1S/C17H20BrN/c1-12-4-5-13(2)16(10-12)17(3,19)11-14-6-8-15(18)9-7-14/h4-10H,11,19H2,1-3H3. The molecule has 19 heavy (non-hydrogen) atoms. The van der Waals surface area contributed by atoms with Crippen molar-refractivity contribution in [2.45, 2.75) is 32.7 Å². The van der Waals surface area contributed by atoms with Crippen molar-refractivity contribution >= 4 is 15.9 Å². The van der Waals surface area contributed by atoms with Crippen LogP contribution < -0.4 is 5.73 Å². The van der Waals surface area contributed by atoms with Crippen LogP contribution in [0.1, 0.15) is 29.2 Å². The Morgan fingerprint density at radius 3 is 2.32 bits per heavy atom. The van der Waals surface area contributed by atoms with E-state index in [1.165, 1.54) is 22.3 Å². The molecular weight excluding hydrogens is 298 g/mol. The van der Waals surface area contributed by atoms with Crippen molar-refractivity contribution in [1.29, 1.82) is 0 Å². The van der Waals surface area contributed by atoms with Crippen molar-refractivity contribution in [2.75, 3.05) is 0 Å². The number of nitrogens with two attached hydrogens (primary N) is 1. The largest absolute Gasteiger partial charge is 0.321 e. The van der Waals surface area contributed by atoms with Gasteiger partial charge in [0.1, 0.15) is 0 Å². The first-order chi connectivity index (χ1) is 8.88. The summed E-state index contributed by atoms with van der Waals surface area (Å²) in [5.74, 6) is 0. The molecule has 1 nitrogen and oxygen atoms in total. The summed E-state index contributed by atoms with van der Waals surface area (Å²) in [5, 5.41) is 0. The number of rotatable bonds is 3. The number of hydrogen-bond donors (Lipinski definition) is 1. The van der Waals surface area contributed by atoms with E-state index in [1.54, 1.807) is 0 Å². The Hall–Kier alpha value is -1.12. The van der Waals surface area contributed by atoms with E-state index >= 15 is 0 Å². The Balaban J connectivity index is 2.31. The molecule has 2 aromatic rings. The molecule has 0 aliphatic rings. The molecule has 0 fully saturated rings. The van der Waals surface area contributed by atoms with Crippen molar-refractivity contribution in [3.63, 3.8) is 0 Å². The van der Waals surface area contributed by atoms with Gasteiger partial charge in [-0.05, 0) is 56.0 Å². The van der Waals surface area contributed by atoms with Crippen molar-refractivity contribution in [3.05, 3.63) is 69.2 Å². The summed E-state index contributed by atoms with van der Waals surface area (Å²) < 4.78 is 1.10. The predicted molar refractivity (Wildman–Crippen MR) is 85.3 cm³/mol. The molecule has 2 N–H and O–H groups in total. The number of halogens is 1. The maximum Gasteiger partial charge on any atom is 0.0424 e. The van der Waals surface area contributed by atoms with Crippen LogP contribution in [0, 0.1) is 13.8 Å². The van der Waals surface area contributed by atoms with Gasteiger partial charge in [-0.1, -0.05) is 51.8 Å². The van der Waals surface area contributed by atoms with Gasteiger partial charge in [-0.15, -0.1) is 0 Å². The molecular formula is C17H20BrN.